The molecular weight excluding hydrogens is 278 g/mol. The van der Waals surface area contributed by atoms with Crippen LogP contribution in [-0.4, -0.2) is 27.7 Å². The maximum absolute atomic E-state index is 11.7. The standard InChI is InChI=1S/C14H10ClN3O2/c1-20-14(19)11-8-17-18-6-4-9(7-12(11)18)10-3-2-5-16-13(10)15/h2-8H,1H3. The molecule has 3 rings (SSSR count). The maximum Gasteiger partial charge on any atom is 0.341 e. The lowest BCUT2D eigenvalue weighted by molar-refractivity contribution is 0.0603. The summed E-state index contributed by atoms with van der Waals surface area (Å²) in [5.41, 5.74) is 2.73. The van der Waals surface area contributed by atoms with Crippen molar-refractivity contribution in [3.63, 3.8) is 0 Å². The van der Waals surface area contributed by atoms with E-state index < -0.39 is 5.97 Å². The van der Waals surface area contributed by atoms with E-state index in [1.807, 2.05) is 24.3 Å². The molecule has 0 radical (unpaired) electrons. The molecule has 0 fully saturated rings. The number of halogens is 1. The van der Waals surface area contributed by atoms with E-state index in [-0.39, 0.29) is 0 Å². The molecule has 0 saturated heterocycles. The average molecular weight is 288 g/mol. The molecule has 0 amide bonds. The molecule has 0 aliphatic carbocycles. The molecule has 0 aliphatic heterocycles. The lowest BCUT2D eigenvalue weighted by Crippen LogP contribution is -2.00. The van der Waals surface area contributed by atoms with Crippen molar-refractivity contribution in [3.8, 4) is 11.1 Å². The molecule has 0 aromatic carbocycles. The zero-order chi connectivity index (χ0) is 14.1. The summed E-state index contributed by atoms with van der Waals surface area (Å²) in [6.45, 7) is 0. The summed E-state index contributed by atoms with van der Waals surface area (Å²) >= 11 is 6.09. The van der Waals surface area contributed by atoms with Crippen LogP contribution in [-0.2, 0) is 4.74 Å². The number of nitrogens with zero attached hydrogens (tertiary/aromatic N) is 3. The predicted octanol–water partition coefficient (Wildman–Crippen LogP) is 2.84. The summed E-state index contributed by atoms with van der Waals surface area (Å²) in [5.74, 6) is -0.422. The van der Waals surface area contributed by atoms with Gasteiger partial charge in [0, 0.05) is 18.0 Å². The van der Waals surface area contributed by atoms with Gasteiger partial charge in [0.2, 0.25) is 0 Å². The average Bonchev–Trinajstić information content (AvgIpc) is 2.90. The number of fused-ring (bicyclic) bond motifs is 1. The summed E-state index contributed by atoms with van der Waals surface area (Å²) in [6.07, 6.45) is 4.87. The van der Waals surface area contributed by atoms with Gasteiger partial charge in [-0.25, -0.2) is 14.3 Å². The summed E-state index contributed by atoms with van der Waals surface area (Å²) in [6, 6.07) is 7.38. The lowest BCUT2D eigenvalue weighted by Gasteiger charge is -2.04. The maximum atomic E-state index is 11.7. The van der Waals surface area contributed by atoms with Crippen LogP contribution in [0.15, 0.2) is 42.9 Å². The van der Waals surface area contributed by atoms with Crippen molar-refractivity contribution in [3.05, 3.63) is 53.6 Å². The Labute approximate surface area is 119 Å². The van der Waals surface area contributed by atoms with Crippen molar-refractivity contribution in [2.45, 2.75) is 0 Å². The van der Waals surface area contributed by atoms with Crippen LogP contribution in [0.1, 0.15) is 10.4 Å². The highest BCUT2D eigenvalue weighted by atomic mass is 35.5. The molecular formula is C14H10ClN3O2. The van der Waals surface area contributed by atoms with Crippen molar-refractivity contribution in [1.82, 2.24) is 14.6 Å². The van der Waals surface area contributed by atoms with Crippen molar-refractivity contribution in [1.29, 1.82) is 0 Å². The van der Waals surface area contributed by atoms with Crippen LogP contribution < -0.4 is 0 Å². The van der Waals surface area contributed by atoms with Crippen LogP contribution in [0.4, 0.5) is 0 Å². The SMILES string of the molecule is COC(=O)c1cnn2ccc(-c3cccnc3Cl)cc12. The first-order valence-electron chi connectivity index (χ1n) is 5.87. The second-order valence-electron chi connectivity index (χ2n) is 4.14. The highest BCUT2D eigenvalue weighted by Crippen LogP contribution is 2.27. The van der Waals surface area contributed by atoms with Crippen LogP contribution in [0, 0.1) is 0 Å². The fourth-order valence-corrected chi connectivity index (χ4v) is 2.25. The minimum Gasteiger partial charge on any atom is -0.465 e. The Morgan fingerprint density at radius 1 is 1.40 bits per heavy atom. The molecule has 0 atom stereocenters. The Bertz CT molecular complexity index is 798. The molecule has 0 saturated carbocycles. The highest BCUT2D eigenvalue weighted by Gasteiger charge is 2.14. The molecule has 0 bridgehead atoms. The van der Waals surface area contributed by atoms with E-state index in [9.17, 15) is 4.79 Å². The van der Waals surface area contributed by atoms with E-state index in [4.69, 9.17) is 16.3 Å². The van der Waals surface area contributed by atoms with E-state index >= 15 is 0 Å². The van der Waals surface area contributed by atoms with Gasteiger partial charge in [0.15, 0.2) is 0 Å². The van der Waals surface area contributed by atoms with Gasteiger partial charge < -0.3 is 4.74 Å². The second kappa shape index (κ2) is 4.94. The van der Waals surface area contributed by atoms with Gasteiger partial charge in [-0.15, -0.1) is 0 Å². The van der Waals surface area contributed by atoms with E-state index in [2.05, 4.69) is 10.1 Å². The van der Waals surface area contributed by atoms with Gasteiger partial charge in [0.25, 0.3) is 0 Å². The minimum atomic E-state index is -0.422. The third-order valence-electron chi connectivity index (χ3n) is 3.00. The molecule has 0 spiro atoms. The Kier molecular flexibility index (Phi) is 3.12. The molecule has 5 nitrogen and oxygen atoms in total. The van der Waals surface area contributed by atoms with Crippen molar-refractivity contribution in [2.75, 3.05) is 7.11 Å². The zero-order valence-electron chi connectivity index (χ0n) is 10.6. The normalized spacial score (nSPS) is 10.7. The predicted molar refractivity (Wildman–Crippen MR) is 74.8 cm³/mol. The summed E-state index contributed by atoms with van der Waals surface area (Å²) < 4.78 is 6.35. The van der Waals surface area contributed by atoms with Crippen LogP contribution >= 0.6 is 11.6 Å². The fourth-order valence-electron chi connectivity index (χ4n) is 2.02. The number of esters is 1. The molecule has 3 aromatic heterocycles. The van der Waals surface area contributed by atoms with E-state index in [0.29, 0.717) is 16.2 Å². The highest BCUT2D eigenvalue weighted by molar-refractivity contribution is 6.32. The van der Waals surface area contributed by atoms with Gasteiger partial charge in [-0.1, -0.05) is 11.6 Å². The number of ether oxygens (including phenoxy) is 1. The molecule has 0 aliphatic rings. The molecule has 3 aromatic rings. The smallest absolute Gasteiger partial charge is 0.341 e. The number of methoxy groups -OCH3 is 1. The number of aromatic nitrogens is 3. The van der Waals surface area contributed by atoms with Crippen LogP contribution in [0.5, 0.6) is 0 Å². The van der Waals surface area contributed by atoms with E-state index in [1.54, 1.807) is 16.9 Å². The number of carbonyl (C=O) groups excluding carboxylic acids is 1. The lowest BCUT2D eigenvalue weighted by atomic mass is 10.1. The van der Waals surface area contributed by atoms with E-state index in [1.165, 1.54) is 13.3 Å². The van der Waals surface area contributed by atoms with E-state index in [0.717, 1.165) is 11.1 Å². The first kappa shape index (κ1) is 12.6. The summed E-state index contributed by atoms with van der Waals surface area (Å²) in [4.78, 5) is 15.7. The summed E-state index contributed by atoms with van der Waals surface area (Å²) in [7, 11) is 1.34. The van der Waals surface area contributed by atoms with Crippen LogP contribution in [0.3, 0.4) is 0 Å². The molecule has 0 N–H and O–H groups in total. The Balaban J connectivity index is 2.19. The van der Waals surface area contributed by atoms with Crippen LogP contribution in [0.2, 0.25) is 5.15 Å². The monoisotopic (exact) mass is 287 g/mol. The fraction of sp³-hybridized carbons (Fsp3) is 0.0714. The van der Waals surface area contributed by atoms with Gasteiger partial charge in [0.05, 0.1) is 18.8 Å². The Morgan fingerprint density at radius 3 is 3.00 bits per heavy atom. The van der Waals surface area contributed by atoms with Gasteiger partial charge in [-0.2, -0.15) is 5.10 Å². The molecule has 20 heavy (non-hydrogen) atoms. The topological polar surface area (TPSA) is 56.5 Å². The number of hydrogen-bond acceptors (Lipinski definition) is 4. The zero-order valence-corrected chi connectivity index (χ0v) is 11.3. The van der Waals surface area contributed by atoms with Crippen molar-refractivity contribution < 1.29 is 9.53 Å². The van der Waals surface area contributed by atoms with Gasteiger partial charge >= 0.3 is 5.97 Å². The number of rotatable bonds is 2. The number of carbonyl (C=O) groups is 1. The first-order valence-corrected chi connectivity index (χ1v) is 6.25. The summed E-state index contributed by atoms with van der Waals surface area (Å²) in [5, 5.41) is 4.53. The number of hydrogen-bond donors (Lipinski definition) is 0. The molecule has 6 heteroatoms. The van der Waals surface area contributed by atoms with Gasteiger partial charge in [-0.3, -0.25) is 0 Å². The van der Waals surface area contributed by atoms with Crippen molar-refractivity contribution >= 4 is 23.1 Å². The first-order chi connectivity index (χ1) is 9.70. The van der Waals surface area contributed by atoms with Gasteiger partial charge in [-0.05, 0) is 29.8 Å². The number of pyridine rings is 2. The minimum absolute atomic E-state index is 0.411. The Morgan fingerprint density at radius 2 is 2.25 bits per heavy atom. The second-order valence-corrected chi connectivity index (χ2v) is 4.49. The third kappa shape index (κ3) is 2.02. The third-order valence-corrected chi connectivity index (χ3v) is 3.30. The molecule has 0 unspecified atom stereocenters. The molecule has 3 heterocycles. The largest absolute Gasteiger partial charge is 0.465 e. The van der Waals surface area contributed by atoms with Crippen molar-refractivity contribution in [2.24, 2.45) is 0 Å². The molecule has 100 valence electrons. The van der Waals surface area contributed by atoms with Gasteiger partial charge in [0.1, 0.15) is 10.7 Å². The quantitative estimate of drug-likeness (QED) is 0.537. The Hall–Kier alpha value is -2.40. The van der Waals surface area contributed by atoms with Crippen LogP contribution in [0.25, 0.3) is 16.6 Å².